The Balaban J connectivity index is 2.27. The van der Waals surface area contributed by atoms with Crippen LogP contribution in [0, 0.1) is 0 Å². The fraction of sp³-hybridized carbons (Fsp3) is 0.857. The van der Waals surface area contributed by atoms with E-state index in [1.165, 1.54) is 0 Å². The molecule has 4 nitrogen and oxygen atoms in total. The minimum Gasteiger partial charge on any atom is -0.464 e. The number of esters is 1. The summed E-state index contributed by atoms with van der Waals surface area (Å²) in [6, 6.07) is 0. The third kappa shape index (κ3) is 2.48. The lowest BCUT2D eigenvalue weighted by atomic mass is 10.3. The summed E-state index contributed by atoms with van der Waals surface area (Å²) < 4.78 is 14.9. The van der Waals surface area contributed by atoms with Crippen molar-refractivity contribution in [1.82, 2.24) is 0 Å². The summed E-state index contributed by atoms with van der Waals surface area (Å²) in [4.78, 5) is 11.0. The molecule has 0 unspecified atom stereocenters. The van der Waals surface area contributed by atoms with Crippen molar-refractivity contribution in [2.24, 2.45) is 0 Å². The average molecular weight is 160 g/mol. The molecule has 0 N–H and O–H groups in total. The highest BCUT2D eigenvalue weighted by molar-refractivity contribution is 5.74. The summed E-state index contributed by atoms with van der Waals surface area (Å²) >= 11 is 0. The molecule has 1 atom stereocenters. The van der Waals surface area contributed by atoms with Gasteiger partial charge < -0.3 is 14.2 Å². The standard InChI is InChI=1S/C7H12O4/c1-2-10-7(8)6-5-9-3-4-11-6/h6H,2-5H2,1H3/t6-/m0/s1. The van der Waals surface area contributed by atoms with E-state index in [9.17, 15) is 4.79 Å². The van der Waals surface area contributed by atoms with E-state index >= 15 is 0 Å². The van der Waals surface area contributed by atoms with Gasteiger partial charge >= 0.3 is 5.97 Å². The first-order chi connectivity index (χ1) is 5.34. The van der Waals surface area contributed by atoms with Crippen LogP contribution in [0.1, 0.15) is 6.92 Å². The van der Waals surface area contributed by atoms with Crippen molar-refractivity contribution in [2.45, 2.75) is 13.0 Å². The molecule has 1 aliphatic heterocycles. The van der Waals surface area contributed by atoms with Gasteiger partial charge in [-0.15, -0.1) is 0 Å². The molecule has 0 aliphatic carbocycles. The fourth-order valence-electron chi connectivity index (χ4n) is 0.859. The second-order valence-corrected chi connectivity index (χ2v) is 2.19. The molecule has 0 aromatic carbocycles. The highest BCUT2D eigenvalue weighted by Gasteiger charge is 2.23. The summed E-state index contributed by atoms with van der Waals surface area (Å²) in [5.41, 5.74) is 0. The molecule has 0 aromatic rings. The van der Waals surface area contributed by atoms with Crippen LogP contribution in [0.25, 0.3) is 0 Å². The second-order valence-electron chi connectivity index (χ2n) is 2.19. The smallest absolute Gasteiger partial charge is 0.337 e. The van der Waals surface area contributed by atoms with Gasteiger partial charge in [-0.3, -0.25) is 0 Å². The summed E-state index contributed by atoms with van der Waals surface area (Å²) in [7, 11) is 0. The topological polar surface area (TPSA) is 44.8 Å². The lowest BCUT2D eigenvalue weighted by molar-refractivity contribution is -0.170. The molecule has 0 bridgehead atoms. The molecular formula is C7H12O4. The van der Waals surface area contributed by atoms with Crippen LogP contribution in [0.2, 0.25) is 0 Å². The highest BCUT2D eigenvalue weighted by atomic mass is 16.6. The van der Waals surface area contributed by atoms with Gasteiger partial charge in [0.15, 0.2) is 6.10 Å². The zero-order chi connectivity index (χ0) is 8.10. The van der Waals surface area contributed by atoms with E-state index in [1.807, 2.05) is 0 Å². The Kier molecular flexibility index (Phi) is 3.32. The SMILES string of the molecule is CCOC(=O)[C@@H]1COCCO1. The molecule has 1 saturated heterocycles. The van der Waals surface area contributed by atoms with Crippen LogP contribution >= 0.6 is 0 Å². The number of ether oxygens (including phenoxy) is 3. The first kappa shape index (κ1) is 8.49. The Bertz CT molecular complexity index is 128. The molecular weight excluding hydrogens is 148 g/mol. The van der Waals surface area contributed by atoms with Gasteiger partial charge in [0.2, 0.25) is 0 Å². The molecule has 0 radical (unpaired) electrons. The van der Waals surface area contributed by atoms with Crippen LogP contribution in [-0.2, 0) is 19.0 Å². The predicted molar refractivity (Wildman–Crippen MR) is 37.2 cm³/mol. The van der Waals surface area contributed by atoms with Gasteiger partial charge in [-0.1, -0.05) is 0 Å². The number of carbonyl (C=O) groups is 1. The normalized spacial score (nSPS) is 24.6. The minimum absolute atomic E-state index is 0.318. The Morgan fingerprint density at radius 2 is 2.45 bits per heavy atom. The number of carbonyl (C=O) groups excluding carboxylic acids is 1. The zero-order valence-corrected chi connectivity index (χ0v) is 6.54. The first-order valence-electron chi connectivity index (χ1n) is 3.70. The van der Waals surface area contributed by atoms with Gasteiger partial charge in [-0.25, -0.2) is 4.79 Å². The third-order valence-corrected chi connectivity index (χ3v) is 1.37. The molecule has 4 heteroatoms. The van der Waals surface area contributed by atoms with Crippen molar-refractivity contribution >= 4 is 5.97 Å². The van der Waals surface area contributed by atoms with Crippen molar-refractivity contribution < 1.29 is 19.0 Å². The fourth-order valence-corrected chi connectivity index (χ4v) is 0.859. The molecule has 0 saturated carbocycles. The third-order valence-electron chi connectivity index (χ3n) is 1.37. The van der Waals surface area contributed by atoms with Crippen LogP contribution in [0.5, 0.6) is 0 Å². The van der Waals surface area contributed by atoms with Crippen LogP contribution in [0.4, 0.5) is 0 Å². The molecule has 1 aliphatic rings. The van der Waals surface area contributed by atoms with Crippen molar-refractivity contribution in [3.8, 4) is 0 Å². The molecule has 0 aromatic heterocycles. The average Bonchev–Trinajstić information content (AvgIpc) is 2.07. The number of rotatable bonds is 2. The van der Waals surface area contributed by atoms with E-state index < -0.39 is 6.10 Å². The van der Waals surface area contributed by atoms with E-state index in [0.717, 1.165) is 0 Å². The molecule has 1 heterocycles. The van der Waals surface area contributed by atoms with E-state index in [4.69, 9.17) is 14.2 Å². The van der Waals surface area contributed by atoms with Crippen LogP contribution in [-0.4, -0.2) is 38.5 Å². The van der Waals surface area contributed by atoms with E-state index in [1.54, 1.807) is 6.92 Å². The zero-order valence-electron chi connectivity index (χ0n) is 6.54. The highest BCUT2D eigenvalue weighted by Crippen LogP contribution is 2.02. The van der Waals surface area contributed by atoms with Gasteiger partial charge in [0.05, 0.1) is 26.4 Å². The van der Waals surface area contributed by atoms with Gasteiger partial charge in [0, 0.05) is 0 Å². The summed E-state index contributed by atoms with van der Waals surface area (Å²) in [5, 5.41) is 0. The van der Waals surface area contributed by atoms with Crippen LogP contribution in [0.3, 0.4) is 0 Å². The molecule has 0 amide bonds. The van der Waals surface area contributed by atoms with E-state index in [-0.39, 0.29) is 5.97 Å². The summed E-state index contributed by atoms with van der Waals surface area (Å²) in [5.74, 6) is -0.327. The van der Waals surface area contributed by atoms with Gasteiger partial charge in [0.1, 0.15) is 0 Å². The molecule has 1 rings (SSSR count). The molecule has 64 valence electrons. The Morgan fingerprint density at radius 1 is 1.64 bits per heavy atom. The quantitative estimate of drug-likeness (QED) is 0.532. The van der Waals surface area contributed by atoms with E-state index in [2.05, 4.69) is 0 Å². The largest absolute Gasteiger partial charge is 0.464 e. The second kappa shape index (κ2) is 4.31. The summed E-state index contributed by atoms with van der Waals surface area (Å²) in [6.45, 7) is 3.51. The van der Waals surface area contributed by atoms with E-state index in [0.29, 0.717) is 26.4 Å². The number of hydrogen-bond acceptors (Lipinski definition) is 4. The molecule has 1 fully saturated rings. The lowest BCUT2D eigenvalue weighted by Crippen LogP contribution is -2.36. The number of hydrogen-bond donors (Lipinski definition) is 0. The Labute approximate surface area is 65.4 Å². The predicted octanol–water partition coefficient (Wildman–Crippen LogP) is -0.0351. The molecule has 11 heavy (non-hydrogen) atoms. The first-order valence-corrected chi connectivity index (χ1v) is 3.70. The monoisotopic (exact) mass is 160 g/mol. The van der Waals surface area contributed by atoms with Gasteiger partial charge in [-0.05, 0) is 6.92 Å². The van der Waals surface area contributed by atoms with Gasteiger partial charge in [0.25, 0.3) is 0 Å². The van der Waals surface area contributed by atoms with Crippen molar-refractivity contribution in [2.75, 3.05) is 26.4 Å². The van der Waals surface area contributed by atoms with Crippen LogP contribution < -0.4 is 0 Å². The maximum Gasteiger partial charge on any atom is 0.337 e. The summed E-state index contributed by atoms with van der Waals surface area (Å²) in [6.07, 6.45) is -0.510. The van der Waals surface area contributed by atoms with Crippen molar-refractivity contribution in [3.05, 3.63) is 0 Å². The maximum atomic E-state index is 11.0. The van der Waals surface area contributed by atoms with Crippen LogP contribution in [0.15, 0.2) is 0 Å². The lowest BCUT2D eigenvalue weighted by Gasteiger charge is -2.20. The van der Waals surface area contributed by atoms with Gasteiger partial charge in [-0.2, -0.15) is 0 Å². The minimum atomic E-state index is -0.510. The molecule has 0 spiro atoms. The maximum absolute atomic E-state index is 11.0. The Hall–Kier alpha value is -0.610. The Morgan fingerprint density at radius 3 is 3.00 bits per heavy atom. The van der Waals surface area contributed by atoms with Crippen molar-refractivity contribution in [3.63, 3.8) is 0 Å². The van der Waals surface area contributed by atoms with Crippen molar-refractivity contribution in [1.29, 1.82) is 0 Å².